The van der Waals surface area contributed by atoms with Crippen LogP contribution in [0, 0.1) is 5.92 Å². The number of nitrogens with zero attached hydrogens (tertiary/aromatic N) is 2. The second-order valence-corrected chi connectivity index (χ2v) is 7.82. The van der Waals surface area contributed by atoms with Crippen molar-refractivity contribution in [2.45, 2.75) is 16.5 Å². The molecule has 4 rings (SSSR count). The Labute approximate surface area is 166 Å². The highest BCUT2D eigenvalue weighted by atomic mass is 35.5. The summed E-state index contributed by atoms with van der Waals surface area (Å²) in [5.41, 5.74) is 1.73. The molecule has 2 heterocycles. The molecule has 0 fully saturated rings. The number of aromatic nitrogens is 2. The predicted octanol–water partition coefficient (Wildman–Crippen LogP) is 4.41. The summed E-state index contributed by atoms with van der Waals surface area (Å²) in [7, 11) is 1.93. The van der Waals surface area contributed by atoms with Gasteiger partial charge in [-0.25, -0.2) is 4.98 Å². The highest BCUT2D eigenvalue weighted by molar-refractivity contribution is 7.99. The SMILES string of the molecule is Cn1ccnc1Sc1ccc(Cl)cc1NC(=O)C1COc2ccccc2C1. The molecule has 0 aliphatic carbocycles. The summed E-state index contributed by atoms with van der Waals surface area (Å²) < 4.78 is 7.67. The van der Waals surface area contributed by atoms with E-state index in [2.05, 4.69) is 10.3 Å². The number of hydrogen-bond donors (Lipinski definition) is 1. The zero-order valence-electron chi connectivity index (χ0n) is 14.7. The highest BCUT2D eigenvalue weighted by Crippen LogP contribution is 2.35. The third-order valence-corrected chi connectivity index (χ3v) is 5.81. The molecule has 2 aromatic carbocycles. The molecular weight excluding hydrogens is 382 g/mol. The second kappa shape index (κ2) is 7.66. The molecule has 3 aromatic rings. The van der Waals surface area contributed by atoms with E-state index in [0.29, 0.717) is 23.7 Å². The minimum absolute atomic E-state index is 0.0755. The molecule has 1 N–H and O–H groups in total. The summed E-state index contributed by atoms with van der Waals surface area (Å²) >= 11 is 7.64. The Kier molecular flexibility index (Phi) is 5.09. The average Bonchev–Trinajstić information content (AvgIpc) is 3.08. The fourth-order valence-corrected chi connectivity index (χ4v) is 4.01. The molecule has 0 bridgehead atoms. The van der Waals surface area contributed by atoms with E-state index in [1.54, 1.807) is 12.3 Å². The van der Waals surface area contributed by atoms with Gasteiger partial charge in [-0.15, -0.1) is 0 Å². The quantitative estimate of drug-likeness (QED) is 0.705. The van der Waals surface area contributed by atoms with E-state index >= 15 is 0 Å². The van der Waals surface area contributed by atoms with Crippen molar-refractivity contribution in [3.8, 4) is 5.75 Å². The van der Waals surface area contributed by atoms with Crippen molar-refractivity contribution < 1.29 is 9.53 Å². The van der Waals surface area contributed by atoms with Crippen LogP contribution in [0.1, 0.15) is 5.56 Å². The fraction of sp³-hybridized carbons (Fsp3) is 0.200. The topological polar surface area (TPSA) is 56.2 Å². The van der Waals surface area contributed by atoms with E-state index < -0.39 is 0 Å². The van der Waals surface area contributed by atoms with Crippen molar-refractivity contribution in [3.05, 3.63) is 65.4 Å². The number of halogens is 1. The summed E-state index contributed by atoms with van der Waals surface area (Å²) in [5, 5.41) is 4.43. The molecule has 1 amide bonds. The first kappa shape index (κ1) is 17.9. The van der Waals surface area contributed by atoms with Gasteiger partial charge >= 0.3 is 0 Å². The monoisotopic (exact) mass is 399 g/mol. The summed E-state index contributed by atoms with van der Waals surface area (Å²) in [6, 6.07) is 13.3. The van der Waals surface area contributed by atoms with Gasteiger partial charge in [-0.05, 0) is 48.0 Å². The molecule has 5 nitrogen and oxygen atoms in total. The minimum atomic E-state index is -0.245. The Morgan fingerprint density at radius 3 is 3.00 bits per heavy atom. The van der Waals surface area contributed by atoms with Crippen LogP contribution in [0.3, 0.4) is 0 Å². The molecule has 1 aromatic heterocycles. The molecule has 1 atom stereocenters. The normalized spacial score (nSPS) is 15.7. The Balaban J connectivity index is 1.53. The number of fused-ring (bicyclic) bond motifs is 1. The van der Waals surface area contributed by atoms with Crippen LogP contribution in [0.15, 0.2) is 64.9 Å². The molecule has 0 saturated carbocycles. The lowest BCUT2D eigenvalue weighted by atomic mass is 9.96. The van der Waals surface area contributed by atoms with Gasteiger partial charge in [-0.1, -0.05) is 29.8 Å². The molecule has 1 unspecified atom stereocenters. The van der Waals surface area contributed by atoms with E-state index in [9.17, 15) is 4.79 Å². The summed E-state index contributed by atoms with van der Waals surface area (Å²) in [6.07, 6.45) is 4.28. The van der Waals surface area contributed by atoms with Gasteiger partial charge in [0, 0.05) is 29.4 Å². The molecule has 1 aliphatic heterocycles. The lowest BCUT2D eigenvalue weighted by Gasteiger charge is -2.25. The van der Waals surface area contributed by atoms with Crippen molar-refractivity contribution in [2.75, 3.05) is 11.9 Å². The number of ether oxygens (including phenoxy) is 1. The Hall–Kier alpha value is -2.44. The standard InChI is InChI=1S/C20H18ClN3O2S/c1-24-9-8-22-20(24)27-18-7-6-15(21)11-16(18)23-19(25)14-10-13-4-2-3-5-17(13)26-12-14/h2-9,11,14H,10,12H2,1H3,(H,23,25). The van der Waals surface area contributed by atoms with E-state index in [-0.39, 0.29) is 11.8 Å². The van der Waals surface area contributed by atoms with E-state index in [4.69, 9.17) is 16.3 Å². The number of para-hydroxylation sites is 1. The maximum absolute atomic E-state index is 12.8. The molecule has 1 aliphatic rings. The van der Waals surface area contributed by atoms with Crippen LogP contribution < -0.4 is 10.1 Å². The Morgan fingerprint density at radius 2 is 2.19 bits per heavy atom. The first-order valence-electron chi connectivity index (χ1n) is 8.56. The van der Waals surface area contributed by atoms with Gasteiger partial charge in [0.2, 0.25) is 5.91 Å². The van der Waals surface area contributed by atoms with E-state index in [0.717, 1.165) is 21.4 Å². The van der Waals surface area contributed by atoms with Gasteiger partial charge < -0.3 is 14.6 Å². The van der Waals surface area contributed by atoms with Gasteiger partial charge in [-0.3, -0.25) is 4.79 Å². The van der Waals surface area contributed by atoms with E-state index in [1.807, 2.05) is 54.2 Å². The van der Waals surface area contributed by atoms with Crippen molar-refractivity contribution in [1.82, 2.24) is 9.55 Å². The maximum atomic E-state index is 12.8. The van der Waals surface area contributed by atoms with Crippen LogP contribution in [0.25, 0.3) is 0 Å². The number of carbonyl (C=O) groups excluding carboxylic acids is 1. The lowest BCUT2D eigenvalue weighted by molar-refractivity contribution is -0.121. The minimum Gasteiger partial charge on any atom is -0.492 e. The molecule has 27 heavy (non-hydrogen) atoms. The van der Waals surface area contributed by atoms with Crippen LogP contribution in [0.4, 0.5) is 5.69 Å². The largest absolute Gasteiger partial charge is 0.492 e. The summed E-state index contributed by atoms with van der Waals surface area (Å²) in [4.78, 5) is 18.1. The zero-order chi connectivity index (χ0) is 18.8. The summed E-state index contributed by atoms with van der Waals surface area (Å²) in [5.74, 6) is 0.536. The van der Waals surface area contributed by atoms with E-state index in [1.165, 1.54) is 11.8 Å². The number of anilines is 1. The van der Waals surface area contributed by atoms with Crippen LogP contribution in [-0.4, -0.2) is 22.1 Å². The Morgan fingerprint density at radius 1 is 1.33 bits per heavy atom. The van der Waals surface area contributed by atoms with Gasteiger partial charge in [-0.2, -0.15) is 0 Å². The molecule has 0 spiro atoms. The fourth-order valence-electron chi connectivity index (χ4n) is 2.97. The number of imidazole rings is 1. The van der Waals surface area contributed by atoms with Gasteiger partial charge in [0.05, 0.1) is 11.6 Å². The first-order chi connectivity index (χ1) is 13.1. The second-order valence-electron chi connectivity index (χ2n) is 6.37. The van der Waals surface area contributed by atoms with Crippen LogP contribution in [0.2, 0.25) is 5.02 Å². The molecule has 138 valence electrons. The summed E-state index contributed by atoms with van der Waals surface area (Å²) in [6.45, 7) is 0.366. The van der Waals surface area contributed by atoms with Crippen LogP contribution >= 0.6 is 23.4 Å². The van der Waals surface area contributed by atoms with Crippen molar-refractivity contribution in [2.24, 2.45) is 13.0 Å². The third-order valence-electron chi connectivity index (χ3n) is 4.43. The predicted molar refractivity (Wildman–Crippen MR) is 107 cm³/mol. The maximum Gasteiger partial charge on any atom is 0.231 e. The van der Waals surface area contributed by atoms with Crippen LogP contribution in [0.5, 0.6) is 5.75 Å². The number of rotatable bonds is 4. The van der Waals surface area contributed by atoms with Crippen molar-refractivity contribution >= 4 is 35.0 Å². The number of benzene rings is 2. The highest BCUT2D eigenvalue weighted by Gasteiger charge is 2.26. The average molecular weight is 400 g/mol. The van der Waals surface area contributed by atoms with Gasteiger partial charge in [0.1, 0.15) is 12.4 Å². The lowest BCUT2D eigenvalue weighted by Crippen LogP contribution is -2.32. The number of hydrogen-bond acceptors (Lipinski definition) is 4. The first-order valence-corrected chi connectivity index (χ1v) is 9.76. The number of carbonyl (C=O) groups is 1. The smallest absolute Gasteiger partial charge is 0.231 e. The number of amides is 1. The Bertz CT molecular complexity index is 989. The molecular formula is C20H18ClN3O2S. The number of aryl methyl sites for hydroxylation is 1. The van der Waals surface area contributed by atoms with Crippen molar-refractivity contribution in [1.29, 1.82) is 0 Å². The van der Waals surface area contributed by atoms with Crippen molar-refractivity contribution in [3.63, 3.8) is 0 Å². The molecule has 0 saturated heterocycles. The van der Waals surface area contributed by atoms with Gasteiger partial charge in [0.15, 0.2) is 5.16 Å². The third kappa shape index (κ3) is 3.96. The molecule has 7 heteroatoms. The van der Waals surface area contributed by atoms with Gasteiger partial charge in [0.25, 0.3) is 0 Å². The van der Waals surface area contributed by atoms with Crippen LogP contribution in [-0.2, 0) is 18.3 Å². The molecule has 0 radical (unpaired) electrons. The zero-order valence-corrected chi connectivity index (χ0v) is 16.3. The number of nitrogens with one attached hydrogen (secondary N) is 1.